The van der Waals surface area contributed by atoms with E-state index in [1.807, 2.05) is 17.7 Å². The predicted octanol–water partition coefficient (Wildman–Crippen LogP) is 5.04. The highest BCUT2D eigenvalue weighted by Gasteiger charge is 2.55. The first-order valence-electron chi connectivity index (χ1n) is 11.5. The van der Waals surface area contributed by atoms with Crippen molar-refractivity contribution in [1.29, 1.82) is 0 Å². The zero-order valence-corrected chi connectivity index (χ0v) is 19.8. The van der Waals surface area contributed by atoms with Crippen molar-refractivity contribution in [2.75, 3.05) is 25.4 Å². The van der Waals surface area contributed by atoms with E-state index in [0.717, 1.165) is 73.3 Å². The Labute approximate surface area is 201 Å². The van der Waals surface area contributed by atoms with Crippen LogP contribution in [0.15, 0.2) is 48.0 Å². The van der Waals surface area contributed by atoms with Gasteiger partial charge in [0.1, 0.15) is 12.0 Å². The molecule has 2 aliphatic rings. The van der Waals surface area contributed by atoms with Crippen LogP contribution in [-0.2, 0) is 13.2 Å². The molecule has 5 rings (SSSR count). The maximum atomic E-state index is 12.8. The monoisotopic (exact) mass is 488 g/mol. The van der Waals surface area contributed by atoms with E-state index in [1.54, 1.807) is 30.1 Å². The van der Waals surface area contributed by atoms with Gasteiger partial charge >= 0.3 is 6.18 Å². The summed E-state index contributed by atoms with van der Waals surface area (Å²) in [5.41, 5.74) is 1.54. The van der Waals surface area contributed by atoms with E-state index in [4.69, 9.17) is 0 Å². The molecule has 3 heterocycles. The van der Waals surface area contributed by atoms with Crippen LogP contribution in [0.3, 0.4) is 0 Å². The lowest BCUT2D eigenvalue weighted by Gasteiger charge is -2.33. The molecule has 1 saturated carbocycles. The van der Waals surface area contributed by atoms with Gasteiger partial charge in [0.05, 0.1) is 5.56 Å². The molecular formula is C24H27F3N6S. The molecule has 0 amide bonds. The summed E-state index contributed by atoms with van der Waals surface area (Å²) in [7, 11) is 1.95. The van der Waals surface area contributed by atoms with Gasteiger partial charge < -0.3 is 9.47 Å². The summed E-state index contributed by atoms with van der Waals surface area (Å²) in [6.45, 7) is 3.16. The summed E-state index contributed by atoms with van der Waals surface area (Å²) >= 11 is 1.70. The summed E-state index contributed by atoms with van der Waals surface area (Å²) in [6.07, 6.45) is 3.34. The fourth-order valence-electron chi connectivity index (χ4n) is 5.04. The standard InChI is InChI=1S/C24H27F3N6S/c1-32-21(20-7-10-28-16-29-20)30-31-22(32)34-14-2-11-33-12-8-23(9-13-33)15-19(23)17-3-5-18(6-4-17)24(25,26)27/h3-7,10,16,19H,2,8-9,11-15H2,1H3/t19-/m1/s1. The van der Waals surface area contributed by atoms with Gasteiger partial charge in [-0.2, -0.15) is 13.2 Å². The number of nitrogens with zero attached hydrogens (tertiary/aromatic N) is 6. The van der Waals surface area contributed by atoms with Crippen molar-refractivity contribution in [3.63, 3.8) is 0 Å². The molecule has 1 saturated heterocycles. The second kappa shape index (κ2) is 9.30. The zero-order chi connectivity index (χ0) is 23.8. The lowest BCUT2D eigenvalue weighted by Crippen LogP contribution is -2.35. The molecule has 2 aromatic heterocycles. The van der Waals surface area contributed by atoms with Crippen molar-refractivity contribution in [3.8, 4) is 11.5 Å². The Morgan fingerprint density at radius 3 is 2.53 bits per heavy atom. The van der Waals surface area contributed by atoms with Gasteiger partial charge in [-0.1, -0.05) is 23.9 Å². The van der Waals surface area contributed by atoms with E-state index in [9.17, 15) is 13.2 Å². The average Bonchev–Trinajstić information content (AvgIpc) is 3.42. The van der Waals surface area contributed by atoms with Crippen molar-refractivity contribution in [2.45, 2.75) is 42.9 Å². The SMILES string of the molecule is Cn1c(SCCCN2CCC3(CC2)C[C@@H]3c2ccc(C(F)(F)F)cc2)nnc1-c1ccncn1. The maximum Gasteiger partial charge on any atom is 0.416 e. The highest BCUT2D eigenvalue weighted by molar-refractivity contribution is 7.99. The largest absolute Gasteiger partial charge is 0.416 e. The van der Waals surface area contributed by atoms with Crippen molar-refractivity contribution >= 4 is 11.8 Å². The Morgan fingerprint density at radius 2 is 1.85 bits per heavy atom. The minimum atomic E-state index is -4.27. The van der Waals surface area contributed by atoms with Crippen LogP contribution in [0.4, 0.5) is 13.2 Å². The quantitative estimate of drug-likeness (QED) is 0.343. The van der Waals surface area contributed by atoms with E-state index in [1.165, 1.54) is 18.5 Å². The molecule has 180 valence electrons. The van der Waals surface area contributed by atoms with Crippen molar-refractivity contribution in [2.24, 2.45) is 12.5 Å². The van der Waals surface area contributed by atoms with Crippen LogP contribution < -0.4 is 0 Å². The molecule has 0 bridgehead atoms. The number of hydrogen-bond acceptors (Lipinski definition) is 6. The van der Waals surface area contributed by atoms with Gasteiger partial charge in [-0.25, -0.2) is 9.97 Å². The second-order valence-corrected chi connectivity index (χ2v) is 10.3. The van der Waals surface area contributed by atoms with Crippen LogP contribution in [0.5, 0.6) is 0 Å². The number of thioether (sulfide) groups is 1. The van der Waals surface area contributed by atoms with Crippen LogP contribution >= 0.6 is 11.8 Å². The number of alkyl halides is 3. The van der Waals surface area contributed by atoms with Crippen LogP contribution in [0.25, 0.3) is 11.5 Å². The normalized spacial score (nSPS) is 20.1. The average molecular weight is 489 g/mol. The van der Waals surface area contributed by atoms with Gasteiger partial charge in [0.15, 0.2) is 11.0 Å². The fourth-order valence-corrected chi connectivity index (χ4v) is 5.87. The van der Waals surface area contributed by atoms with Gasteiger partial charge in [-0.05, 0) is 80.4 Å². The van der Waals surface area contributed by atoms with Crippen LogP contribution in [0, 0.1) is 5.41 Å². The minimum Gasteiger partial charge on any atom is -0.304 e. The first-order chi connectivity index (χ1) is 16.4. The van der Waals surface area contributed by atoms with Gasteiger partial charge in [0, 0.05) is 19.0 Å². The Hall–Kier alpha value is -2.46. The van der Waals surface area contributed by atoms with Gasteiger partial charge in [0.2, 0.25) is 0 Å². The molecule has 1 spiro atoms. The van der Waals surface area contributed by atoms with E-state index in [2.05, 4.69) is 25.1 Å². The first-order valence-corrected chi connectivity index (χ1v) is 12.5. The van der Waals surface area contributed by atoms with Crippen molar-refractivity contribution in [1.82, 2.24) is 29.6 Å². The van der Waals surface area contributed by atoms with Gasteiger partial charge in [0.25, 0.3) is 0 Å². The number of halogens is 3. The third-order valence-electron chi connectivity index (χ3n) is 7.18. The molecule has 34 heavy (non-hydrogen) atoms. The molecule has 1 aliphatic carbocycles. The van der Waals surface area contributed by atoms with Crippen molar-refractivity contribution < 1.29 is 13.2 Å². The third kappa shape index (κ3) is 4.84. The molecular weight excluding hydrogens is 461 g/mol. The number of benzene rings is 1. The molecule has 2 fully saturated rings. The highest BCUT2D eigenvalue weighted by Crippen LogP contribution is 2.64. The molecule has 1 atom stereocenters. The Bertz CT molecular complexity index is 1110. The van der Waals surface area contributed by atoms with E-state index >= 15 is 0 Å². The Morgan fingerprint density at radius 1 is 1.09 bits per heavy atom. The fraction of sp³-hybridized carbons (Fsp3) is 0.500. The number of likely N-dealkylation sites (tertiary alicyclic amines) is 1. The summed E-state index contributed by atoms with van der Waals surface area (Å²) in [4.78, 5) is 10.7. The van der Waals surface area contributed by atoms with Crippen LogP contribution in [0.2, 0.25) is 0 Å². The number of aromatic nitrogens is 5. The Balaban J connectivity index is 1.05. The summed E-state index contributed by atoms with van der Waals surface area (Å²) in [5.74, 6) is 2.11. The molecule has 1 aromatic carbocycles. The zero-order valence-electron chi connectivity index (χ0n) is 19.0. The number of rotatable bonds is 7. The summed E-state index contributed by atoms with van der Waals surface area (Å²) in [5, 5.41) is 9.44. The van der Waals surface area contributed by atoms with Crippen LogP contribution in [-0.4, -0.2) is 55.0 Å². The smallest absolute Gasteiger partial charge is 0.304 e. The lowest BCUT2D eigenvalue weighted by atomic mass is 9.88. The molecule has 0 radical (unpaired) electrons. The third-order valence-corrected chi connectivity index (χ3v) is 8.28. The molecule has 1 aliphatic heterocycles. The van der Waals surface area contributed by atoms with Gasteiger partial charge in [-0.15, -0.1) is 10.2 Å². The van der Waals surface area contributed by atoms with Crippen LogP contribution in [0.1, 0.15) is 42.7 Å². The highest BCUT2D eigenvalue weighted by atomic mass is 32.2. The number of hydrogen-bond donors (Lipinski definition) is 0. The first kappa shape index (κ1) is 23.3. The minimum absolute atomic E-state index is 0.293. The molecule has 0 N–H and O–H groups in total. The molecule has 0 unspecified atom stereocenters. The number of piperidine rings is 1. The van der Waals surface area contributed by atoms with Gasteiger partial charge in [-0.3, -0.25) is 0 Å². The van der Waals surface area contributed by atoms with E-state index in [-0.39, 0.29) is 0 Å². The maximum absolute atomic E-state index is 12.8. The second-order valence-electron chi connectivity index (χ2n) is 9.24. The predicted molar refractivity (Wildman–Crippen MR) is 124 cm³/mol. The lowest BCUT2D eigenvalue weighted by molar-refractivity contribution is -0.137. The van der Waals surface area contributed by atoms with E-state index in [0.29, 0.717) is 11.3 Å². The molecule has 6 nitrogen and oxygen atoms in total. The molecule has 10 heteroatoms. The Kier molecular flexibility index (Phi) is 6.37. The van der Waals surface area contributed by atoms with E-state index < -0.39 is 11.7 Å². The van der Waals surface area contributed by atoms with Crippen molar-refractivity contribution in [3.05, 3.63) is 54.0 Å². The summed E-state index contributed by atoms with van der Waals surface area (Å²) in [6, 6.07) is 7.62. The summed E-state index contributed by atoms with van der Waals surface area (Å²) < 4.78 is 40.4. The topological polar surface area (TPSA) is 59.7 Å². The molecule has 3 aromatic rings.